The molecule has 0 aliphatic rings. The minimum Gasteiger partial charge on any atom is -0.393 e. The first-order valence-electron chi connectivity index (χ1n) is 5.54. The van der Waals surface area contributed by atoms with Gasteiger partial charge in [0, 0.05) is 32.3 Å². The number of hydrogen-bond donors (Lipinski definition) is 1. The standard InChI is InChI=1S/C11H18N4OS/c1-4-15(7-8(2)10(12)17)11(16)9-5-6-14(3)13-9/h5-6,8H,4,7H2,1-3H3,(H2,12,17). The Morgan fingerprint density at radius 3 is 2.76 bits per heavy atom. The summed E-state index contributed by atoms with van der Waals surface area (Å²) in [6.45, 7) is 4.98. The van der Waals surface area contributed by atoms with E-state index >= 15 is 0 Å². The summed E-state index contributed by atoms with van der Waals surface area (Å²) in [7, 11) is 1.78. The second-order valence-electron chi connectivity index (χ2n) is 4.02. The molecule has 1 aromatic heterocycles. The SMILES string of the molecule is CCN(CC(C)C(N)=S)C(=O)c1ccn(C)n1. The maximum absolute atomic E-state index is 12.1. The van der Waals surface area contributed by atoms with Gasteiger partial charge in [-0.3, -0.25) is 9.48 Å². The lowest BCUT2D eigenvalue weighted by Crippen LogP contribution is -2.38. The summed E-state index contributed by atoms with van der Waals surface area (Å²) < 4.78 is 1.61. The van der Waals surface area contributed by atoms with Crippen molar-refractivity contribution in [1.82, 2.24) is 14.7 Å². The molecule has 1 amide bonds. The van der Waals surface area contributed by atoms with Crippen molar-refractivity contribution in [2.45, 2.75) is 13.8 Å². The minimum absolute atomic E-state index is 0.0117. The first kappa shape index (κ1) is 13.6. The van der Waals surface area contributed by atoms with Crippen molar-refractivity contribution < 1.29 is 4.79 Å². The third-order valence-corrected chi connectivity index (χ3v) is 2.98. The summed E-state index contributed by atoms with van der Waals surface area (Å²) in [5, 5.41) is 4.09. The summed E-state index contributed by atoms with van der Waals surface area (Å²) in [6.07, 6.45) is 1.75. The zero-order valence-electron chi connectivity index (χ0n) is 10.4. The van der Waals surface area contributed by atoms with Gasteiger partial charge in [-0.1, -0.05) is 19.1 Å². The number of rotatable bonds is 5. The maximum atomic E-state index is 12.1. The zero-order chi connectivity index (χ0) is 13.0. The molecule has 94 valence electrons. The van der Waals surface area contributed by atoms with Crippen molar-refractivity contribution in [3.8, 4) is 0 Å². The number of hydrogen-bond acceptors (Lipinski definition) is 3. The van der Waals surface area contributed by atoms with Gasteiger partial charge in [0.2, 0.25) is 0 Å². The van der Waals surface area contributed by atoms with Gasteiger partial charge in [-0.05, 0) is 13.0 Å². The fourth-order valence-electron chi connectivity index (χ4n) is 1.47. The first-order valence-corrected chi connectivity index (χ1v) is 5.94. The van der Waals surface area contributed by atoms with Crippen molar-refractivity contribution in [3.63, 3.8) is 0 Å². The quantitative estimate of drug-likeness (QED) is 0.790. The van der Waals surface area contributed by atoms with Gasteiger partial charge in [-0.15, -0.1) is 0 Å². The zero-order valence-corrected chi connectivity index (χ0v) is 11.2. The number of aromatic nitrogens is 2. The number of carbonyl (C=O) groups excluding carboxylic acids is 1. The van der Waals surface area contributed by atoms with E-state index in [0.29, 0.717) is 23.8 Å². The van der Waals surface area contributed by atoms with Crippen LogP contribution in [0.4, 0.5) is 0 Å². The molecular formula is C11H18N4OS. The van der Waals surface area contributed by atoms with Crippen LogP contribution in [0.15, 0.2) is 12.3 Å². The molecule has 0 radical (unpaired) electrons. The van der Waals surface area contributed by atoms with Crippen LogP contribution in [0.5, 0.6) is 0 Å². The molecule has 1 heterocycles. The average Bonchev–Trinajstić information content (AvgIpc) is 2.71. The largest absolute Gasteiger partial charge is 0.393 e. The lowest BCUT2D eigenvalue weighted by atomic mass is 10.1. The van der Waals surface area contributed by atoms with Crippen LogP contribution in [0, 0.1) is 5.92 Å². The molecule has 5 nitrogen and oxygen atoms in total. The molecular weight excluding hydrogens is 236 g/mol. The van der Waals surface area contributed by atoms with Crippen LogP contribution >= 0.6 is 12.2 Å². The van der Waals surface area contributed by atoms with Crippen LogP contribution in [0.1, 0.15) is 24.3 Å². The van der Waals surface area contributed by atoms with E-state index in [0.717, 1.165) is 0 Å². The van der Waals surface area contributed by atoms with Gasteiger partial charge in [0.05, 0.1) is 4.99 Å². The van der Waals surface area contributed by atoms with Crippen molar-refractivity contribution in [2.24, 2.45) is 18.7 Å². The van der Waals surface area contributed by atoms with E-state index in [1.807, 2.05) is 13.8 Å². The van der Waals surface area contributed by atoms with E-state index in [1.165, 1.54) is 0 Å². The molecule has 0 bridgehead atoms. The number of nitrogens with two attached hydrogens (primary N) is 1. The van der Waals surface area contributed by atoms with Crippen molar-refractivity contribution in [1.29, 1.82) is 0 Å². The monoisotopic (exact) mass is 254 g/mol. The number of carbonyl (C=O) groups is 1. The summed E-state index contributed by atoms with van der Waals surface area (Å²) in [6, 6.07) is 1.70. The van der Waals surface area contributed by atoms with Gasteiger partial charge < -0.3 is 10.6 Å². The Balaban J connectivity index is 2.74. The predicted octanol–water partition coefficient (Wildman–Crippen LogP) is 0.804. The fourth-order valence-corrected chi connectivity index (χ4v) is 1.54. The van der Waals surface area contributed by atoms with Gasteiger partial charge in [0.15, 0.2) is 0 Å². The van der Waals surface area contributed by atoms with Gasteiger partial charge in [-0.25, -0.2) is 0 Å². The Morgan fingerprint density at radius 1 is 1.71 bits per heavy atom. The lowest BCUT2D eigenvalue weighted by molar-refractivity contribution is 0.0748. The predicted molar refractivity (Wildman–Crippen MR) is 70.7 cm³/mol. The molecule has 1 rings (SSSR count). The van der Waals surface area contributed by atoms with E-state index in [4.69, 9.17) is 18.0 Å². The third kappa shape index (κ3) is 3.52. The lowest BCUT2D eigenvalue weighted by Gasteiger charge is -2.23. The van der Waals surface area contributed by atoms with Crippen LogP contribution in [-0.2, 0) is 7.05 Å². The van der Waals surface area contributed by atoms with Gasteiger partial charge in [0.1, 0.15) is 5.69 Å². The Morgan fingerprint density at radius 2 is 2.35 bits per heavy atom. The summed E-state index contributed by atoms with van der Waals surface area (Å²) in [5.41, 5.74) is 6.00. The second-order valence-corrected chi connectivity index (χ2v) is 4.49. The number of aryl methyl sites for hydroxylation is 1. The molecule has 0 aliphatic heterocycles. The van der Waals surface area contributed by atoms with Crippen molar-refractivity contribution >= 4 is 23.1 Å². The van der Waals surface area contributed by atoms with E-state index in [1.54, 1.807) is 28.9 Å². The highest BCUT2D eigenvalue weighted by Crippen LogP contribution is 2.06. The highest BCUT2D eigenvalue weighted by atomic mass is 32.1. The number of nitrogens with zero attached hydrogens (tertiary/aromatic N) is 3. The number of thiocarbonyl (C=S) groups is 1. The minimum atomic E-state index is -0.0869. The maximum Gasteiger partial charge on any atom is 0.274 e. The first-order chi connectivity index (χ1) is 7.95. The Kier molecular flexibility index (Phi) is 4.62. The van der Waals surface area contributed by atoms with Crippen LogP contribution in [0.2, 0.25) is 0 Å². The normalized spacial score (nSPS) is 12.2. The highest BCUT2D eigenvalue weighted by Gasteiger charge is 2.19. The molecule has 6 heteroatoms. The van der Waals surface area contributed by atoms with E-state index < -0.39 is 0 Å². The van der Waals surface area contributed by atoms with Crippen LogP contribution in [-0.4, -0.2) is 38.7 Å². The van der Waals surface area contributed by atoms with E-state index in [9.17, 15) is 4.79 Å². The number of amides is 1. The molecule has 0 spiro atoms. The van der Waals surface area contributed by atoms with E-state index in [-0.39, 0.29) is 11.8 Å². The highest BCUT2D eigenvalue weighted by molar-refractivity contribution is 7.80. The van der Waals surface area contributed by atoms with Crippen molar-refractivity contribution in [3.05, 3.63) is 18.0 Å². The van der Waals surface area contributed by atoms with Gasteiger partial charge in [-0.2, -0.15) is 5.10 Å². The topological polar surface area (TPSA) is 64.2 Å². The molecule has 17 heavy (non-hydrogen) atoms. The second kappa shape index (κ2) is 5.77. The smallest absolute Gasteiger partial charge is 0.274 e. The molecule has 0 aromatic carbocycles. The molecule has 2 N–H and O–H groups in total. The molecule has 0 fully saturated rings. The van der Waals surface area contributed by atoms with Gasteiger partial charge >= 0.3 is 0 Å². The van der Waals surface area contributed by atoms with Crippen molar-refractivity contribution in [2.75, 3.05) is 13.1 Å². The van der Waals surface area contributed by atoms with Crippen LogP contribution in [0.25, 0.3) is 0 Å². The Hall–Kier alpha value is -1.43. The molecule has 0 saturated heterocycles. The molecule has 1 atom stereocenters. The summed E-state index contributed by atoms with van der Waals surface area (Å²) in [5.74, 6) is -0.0752. The average molecular weight is 254 g/mol. The Bertz CT molecular complexity index is 415. The fraction of sp³-hybridized carbons (Fsp3) is 0.545. The van der Waals surface area contributed by atoms with Crippen LogP contribution < -0.4 is 5.73 Å². The van der Waals surface area contributed by atoms with E-state index in [2.05, 4.69) is 5.10 Å². The van der Waals surface area contributed by atoms with Gasteiger partial charge in [0.25, 0.3) is 5.91 Å². The molecule has 1 unspecified atom stereocenters. The summed E-state index contributed by atoms with van der Waals surface area (Å²) in [4.78, 5) is 14.2. The molecule has 0 saturated carbocycles. The molecule has 1 aromatic rings. The van der Waals surface area contributed by atoms with Crippen LogP contribution in [0.3, 0.4) is 0 Å². The Labute approximate surface area is 107 Å². The third-order valence-electron chi connectivity index (χ3n) is 2.58. The summed E-state index contributed by atoms with van der Waals surface area (Å²) >= 11 is 4.91. The molecule has 0 aliphatic carbocycles.